The topological polar surface area (TPSA) is 23.5 Å². The largest absolute Gasteiger partial charge is 0.390 e. The van der Waals surface area contributed by atoms with Crippen LogP contribution in [0.15, 0.2) is 0 Å². The van der Waals surface area contributed by atoms with E-state index in [-0.39, 0.29) is 0 Å². The van der Waals surface area contributed by atoms with Crippen molar-refractivity contribution in [3.63, 3.8) is 0 Å². The average molecular weight is 203 g/mol. The summed E-state index contributed by atoms with van der Waals surface area (Å²) in [6.07, 6.45) is 1.06. The van der Waals surface area contributed by atoms with Gasteiger partial charge in [-0.2, -0.15) is 0 Å². The highest BCUT2D eigenvalue weighted by Crippen LogP contribution is 2.18. The molecule has 0 rings (SSSR count). The molecule has 1 N–H and O–H groups in total. The Hall–Kier alpha value is -0.0800. The van der Waals surface area contributed by atoms with E-state index in [2.05, 4.69) is 25.8 Å². The maximum atomic E-state index is 9.65. The monoisotopic (exact) mass is 203 g/mol. The molecule has 2 heteroatoms. The van der Waals surface area contributed by atoms with Crippen LogP contribution < -0.4 is 0 Å². The number of nitrogens with zero attached hydrogens (tertiary/aromatic N) is 1. The van der Waals surface area contributed by atoms with E-state index in [9.17, 15) is 5.11 Å². The summed E-state index contributed by atoms with van der Waals surface area (Å²) in [6, 6.07) is 0. The van der Waals surface area contributed by atoms with Crippen molar-refractivity contribution in [1.29, 1.82) is 0 Å². The summed E-state index contributed by atoms with van der Waals surface area (Å²) >= 11 is 0. The fraction of sp³-hybridized carbons (Fsp3) is 1.00. The molecule has 0 amide bonds. The maximum absolute atomic E-state index is 9.65. The van der Waals surface area contributed by atoms with Gasteiger partial charge in [0.05, 0.1) is 5.60 Å². The summed E-state index contributed by atoms with van der Waals surface area (Å²) in [6.45, 7) is 14.2. The molecule has 0 saturated heterocycles. The molecule has 0 aliphatic heterocycles. The van der Waals surface area contributed by atoms with E-state index in [0.717, 1.165) is 19.5 Å². The first kappa shape index (κ1) is 16.4. The molecule has 1 unspecified atom stereocenters. The van der Waals surface area contributed by atoms with E-state index in [1.807, 2.05) is 27.7 Å². The Balaban J connectivity index is 0. The summed E-state index contributed by atoms with van der Waals surface area (Å²) < 4.78 is 0. The van der Waals surface area contributed by atoms with Gasteiger partial charge in [0.1, 0.15) is 0 Å². The summed E-state index contributed by atoms with van der Waals surface area (Å²) in [4.78, 5) is 2.27. The second-order valence-electron chi connectivity index (χ2n) is 4.24. The van der Waals surface area contributed by atoms with Gasteiger partial charge in [0.2, 0.25) is 0 Å². The second-order valence-corrected chi connectivity index (χ2v) is 4.24. The quantitative estimate of drug-likeness (QED) is 0.742. The molecule has 0 heterocycles. The van der Waals surface area contributed by atoms with E-state index >= 15 is 0 Å². The lowest BCUT2D eigenvalue weighted by Gasteiger charge is -2.27. The third-order valence-electron chi connectivity index (χ3n) is 2.69. The molecule has 0 spiro atoms. The number of hydrogen-bond donors (Lipinski definition) is 1. The summed E-state index contributed by atoms with van der Waals surface area (Å²) in [5.74, 6) is 0.367. The first-order chi connectivity index (χ1) is 6.38. The van der Waals surface area contributed by atoms with Crippen LogP contribution in [0.4, 0.5) is 0 Å². The van der Waals surface area contributed by atoms with Gasteiger partial charge in [-0.1, -0.05) is 27.7 Å². The first-order valence-corrected chi connectivity index (χ1v) is 5.78. The molecule has 0 radical (unpaired) electrons. The third-order valence-corrected chi connectivity index (χ3v) is 2.69. The fourth-order valence-corrected chi connectivity index (χ4v) is 0.925. The molecule has 0 aromatic rings. The molecular weight excluding hydrogens is 174 g/mol. The van der Waals surface area contributed by atoms with Crippen molar-refractivity contribution in [2.45, 2.75) is 53.6 Å². The van der Waals surface area contributed by atoms with Gasteiger partial charge in [-0.15, -0.1) is 0 Å². The number of rotatable bonds is 5. The normalized spacial score (nSPS) is 13.5. The SMILES string of the molecule is CC.CCN(C)CCC(C)C(C)(C)O. The number of aliphatic hydroxyl groups is 1. The van der Waals surface area contributed by atoms with Crippen LogP contribution in [0.3, 0.4) is 0 Å². The van der Waals surface area contributed by atoms with Crippen LogP contribution in [-0.2, 0) is 0 Å². The summed E-state index contributed by atoms with van der Waals surface area (Å²) in [7, 11) is 2.11. The van der Waals surface area contributed by atoms with Crippen LogP contribution in [0.5, 0.6) is 0 Å². The molecule has 0 saturated carbocycles. The Morgan fingerprint density at radius 3 is 2.00 bits per heavy atom. The lowest BCUT2D eigenvalue weighted by Crippen LogP contribution is -2.31. The zero-order chi connectivity index (χ0) is 11.8. The number of hydrogen-bond acceptors (Lipinski definition) is 2. The fourth-order valence-electron chi connectivity index (χ4n) is 0.925. The third kappa shape index (κ3) is 8.52. The predicted octanol–water partition coefficient (Wildman–Crippen LogP) is 2.76. The van der Waals surface area contributed by atoms with E-state index in [1.165, 1.54) is 0 Å². The van der Waals surface area contributed by atoms with Gasteiger partial charge in [0.15, 0.2) is 0 Å². The molecule has 0 aromatic carbocycles. The Morgan fingerprint density at radius 1 is 1.29 bits per heavy atom. The average Bonchev–Trinajstić information content (AvgIpc) is 2.15. The van der Waals surface area contributed by atoms with Crippen LogP contribution in [0, 0.1) is 5.92 Å². The summed E-state index contributed by atoms with van der Waals surface area (Å²) in [5.41, 5.74) is -0.533. The molecule has 2 nitrogen and oxygen atoms in total. The molecule has 14 heavy (non-hydrogen) atoms. The van der Waals surface area contributed by atoms with Crippen LogP contribution in [-0.4, -0.2) is 35.7 Å². The molecule has 0 aliphatic rings. The van der Waals surface area contributed by atoms with Gasteiger partial charge in [0, 0.05) is 0 Å². The van der Waals surface area contributed by atoms with Crippen molar-refractivity contribution >= 4 is 0 Å². The van der Waals surface area contributed by atoms with Crippen LogP contribution in [0.1, 0.15) is 48.0 Å². The van der Waals surface area contributed by atoms with Crippen LogP contribution in [0.25, 0.3) is 0 Å². The zero-order valence-corrected chi connectivity index (χ0v) is 11.1. The van der Waals surface area contributed by atoms with E-state index in [0.29, 0.717) is 5.92 Å². The van der Waals surface area contributed by atoms with E-state index in [1.54, 1.807) is 0 Å². The molecular formula is C12H29NO. The summed E-state index contributed by atoms with van der Waals surface area (Å²) in [5, 5.41) is 9.65. The van der Waals surface area contributed by atoms with E-state index in [4.69, 9.17) is 0 Å². The lowest BCUT2D eigenvalue weighted by molar-refractivity contribution is 0.0182. The van der Waals surface area contributed by atoms with Crippen molar-refractivity contribution in [2.75, 3.05) is 20.1 Å². The lowest BCUT2D eigenvalue weighted by atomic mass is 9.90. The predicted molar refractivity (Wildman–Crippen MR) is 64.6 cm³/mol. The molecule has 0 fully saturated rings. The molecule has 0 aromatic heterocycles. The van der Waals surface area contributed by atoms with Gasteiger partial charge in [-0.3, -0.25) is 0 Å². The Morgan fingerprint density at radius 2 is 1.71 bits per heavy atom. The molecule has 0 bridgehead atoms. The highest BCUT2D eigenvalue weighted by Gasteiger charge is 2.21. The van der Waals surface area contributed by atoms with Gasteiger partial charge in [0.25, 0.3) is 0 Å². The van der Waals surface area contributed by atoms with Crippen LogP contribution in [0.2, 0.25) is 0 Å². The van der Waals surface area contributed by atoms with Crippen molar-refractivity contribution in [2.24, 2.45) is 5.92 Å². The van der Waals surface area contributed by atoms with Crippen molar-refractivity contribution in [3.8, 4) is 0 Å². The highest BCUT2D eigenvalue weighted by atomic mass is 16.3. The van der Waals surface area contributed by atoms with Gasteiger partial charge < -0.3 is 10.0 Å². The minimum Gasteiger partial charge on any atom is -0.390 e. The van der Waals surface area contributed by atoms with E-state index < -0.39 is 5.60 Å². The van der Waals surface area contributed by atoms with Crippen molar-refractivity contribution in [1.82, 2.24) is 4.90 Å². The first-order valence-electron chi connectivity index (χ1n) is 5.78. The zero-order valence-electron chi connectivity index (χ0n) is 11.1. The Bertz CT molecular complexity index is 118. The minimum atomic E-state index is -0.533. The van der Waals surface area contributed by atoms with Gasteiger partial charge >= 0.3 is 0 Å². The van der Waals surface area contributed by atoms with Crippen molar-refractivity contribution < 1.29 is 5.11 Å². The Kier molecular flexibility index (Phi) is 9.63. The standard InChI is InChI=1S/C10H23NO.C2H6/c1-6-11(5)8-7-9(2)10(3,4)12;1-2/h9,12H,6-8H2,1-5H3;1-2H3. The van der Waals surface area contributed by atoms with Crippen molar-refractivity contribution in [3.05, 3.63) is 0 Å². The smallest absolute Gasteiger partial charge is 0.0617 e. The molecule has 0 aliphatic carbocycles. The molecule has 1 atom stereocenters. The maximum Gasteiger partial charge on any atom is 0.0617 e. The second kappa shape index (κ2) is 8.25. The molecule has 88 valence electrons. The highest BCUT2D eigenvalue weighted by molar-refractivity contribution is 4.73. The van der Waals surface area contributed by atoms with Gasteiger partial charge in [-0.25, -0.2) is 0 Å². The minimum absolute atomic E-state index is 0.367. The Labute approximate surface area is 90.3 Å². The van der Waals surface area contributed by atoms with Crippen LogP contribution >= 0.6 is 0 Å². The van der Waals surface area contributed by atoms with Gasteiger partial charge in [-0.05, 0) is 46.3 Å².